The first-order valence-electron chi connectivity index (χ1n) is 13.3. The second kappa shape index (κ2) is 8.68. The number of cyclic esters (lactones) is 1. The molecular weight excluding hydrogens is 424 g/mol. The molecule has 0 amide bonds. The lowest BCUT2D eigenvalue weighted by Gasteiger charge is -2.55. The highest BCUT2D eigenvalue weighted by atomic mass is 16.5. The van der Waals surface area contributed by atoms with Crippen LogP contribution in [0.15, 0.2) is 35.5 Å². The van der Waals surface area contributed by atoms with E-state index in [4.69, 9.17) is 4.74 Å². The second-order valence-corrected chi connectivity index (χ2v) is 12.7. The van der Waals surface area contributed by atoms with E-state index in [0.717, 1.165) is 44.1 Å². The number of carbonyl (C=O) groups is 2. The molecule has 0 bridgehead atoms. The standard InChI is InChI=1S/C30H44O4/c1-18(2)23-9-8-22-24(28(23,5)13-12-26(31)32)10-15-30(7)25(22)11-14-29(30,6)20(4)17-21-16-19(3)27(33)34-21/h8-9,19-21,23-24H,1,10-17H2,2-7H3,(H,31,32). The first-order valence-corrected chi connectivity index (χ1v) is 13.3. The molecule has 0 aromatic heterocycles. The second-order valence-electron chi connectivity index (χ2n) is 12.7. The van der Waals surface area contributed by atoms with Crippen LogP contribution in [0.25, 0.3) is 0 Å². The molecule has 4 rings (SSSR count). The van der Waals surface area contributed by atoms with Crippen molar-refractivity contribution in [3.8, 4) is 0 Å². The number of carbonyl (C=O) groups excluding carboxylic acids is 1. The van der Waals surface area contributed by atoms with E-state index in [9.17, 15) is 14.7 Å². The first kappa shape index (κ1) is 25.3. The molecule has 34 heavy (non-hydrogen) atoms. The summed E-state index contributed by atoms with van der Waals surface area (Å²) in [6.45, 7) is 18.0. The Labute approximate surface area is 205 Å². The maximum absolute atomic E-state index is 12.0. The van der Waals surface area contributed by atoms with Crippen LogP contribution in [-0.4, -0.2) is 23.1 Å². The third-order valence-electron chi connectivity index (χ3n) is 10.9. The summed E-state index contributed by atoms with van der Waals surface area (Å²) in [5.74, 6) is 0.338. The van der Waals surface area contributed by atoms with Crippen molar-refractivity contribution in [2.24, 2.45) is 39.9 Å². The van der Waals surface area contributed by atoms with Crippen molar-refractivity contribution >= 4 is 11.9 Å². The number of hydrogen-bond donors (Lipinski definition) is 1. The molecule has 188 valence electrons. The van der Waals surface area contributed by atoms with Crippen LogP contribution in [0.5, 0.6) is 0 Å². The Morgan fingerprint density at radius 2 is 2.00 bits per heavy atom. The van der Waals surface area contributed by atoms with E-state index in [2.05, 4.69) is 53.3 Å². The minimum absolute atomic E-state index is 0.0226. The smallest absolute Gasteiger partial charge is 0.309 e. The topological polar surface area (TPSA) is 63.6 Å². The average molecular weight is 469 g/mol. The van der Waals surface area contributed by atoms with Gasteiger partial charge in [0.15, 0.2) is 0 Å². The normalized spacial score (nSPS) is 42.2. The van der Waals surface area contributed by atoms with E-state index in [1.807, 2.05) is 6.92 Å². The van der Waals surface area contributed by atoms with Gasteiger partial charge in [0.1, 0.15) is 6.10 Å². The summed E-state index contributed by atoms with van der Waals surface area (Å²) in [6.07, 6.45) is 11.9. The molecule has 0 spiro atoms. The van der Waals surface area contributed by atoms with Crippen molar-refractivity contribution in [1.82, 2.24) is 0 Å². The van der Waals surface area contributed by atoms with Gasteiger partial charge in [-0.3, -0.25) is 9.59 Å². The van der Waals surface area contributed by atoms with Crippen molar-refractivity contribution in [1.29, 1.82) is 0 Å². The van der Waals surface area contributed by atoms with Gasteiger partial charge in [-0.25, -0.2) is 0 Å². The first-order chi connectivity index (χ1) is 15.8. The van der Waals surface area contributed by atoms with Crippen LogP contribution in [0, 0.1) is 39.9 Å². The van der Waals surface area contributed by atoms with Gasteiger partial charge < -0.3 is 9.84 Å². The van der Waals surface area contributed by atoms with Crippen LogP contribution in [0.4, 0.5) is 0 Å². The van der Waals surface area contributed by atoms with Gasteiger partial charge in [0.2, 0.25) is 0 Å². The maximum atomic E-state index is 12.0. The number of carboxylic acid groups (broad SMARTS) is 1. The third kappa shape index (κ3) is 3.80. The Hall–Kier alpha value is -1.84. The van der Waals surface area contributed by atoms with Crippen LogP contribution in [0.1, 0.15) is 92.9 Å². The molecule has 4 heteroatoms. The fraction of sp³-hybridized carbons (Fsp3) is 0.733. The predicted octanol–water partition coefficient (Wildman–Crippen LogP) is 7.11. The highest BCUT2D eigenvalue weighted by molar-refractivity contribution is 5.74. The van der Waals surface area contributed by atoms with Crippen molar-refractivity contribution < 1.29 is 19.4 Å². The van der Waals surface area contributed by atoms with Crippen LogP contribution >= 0.6 is 0 Å². The van der Waals surface area contributed by atoms with Crippen molar-refractivity contribution in [3.63, 3.8) is 0 Å². The lowest BCUT2D eigenvalue weighted by Crippen LogP contribution is -2.46. The van der Waals surface area contributed by atoms with Gasteiger partial charge in [-0.15, -0.1) is 0 Å². The SMILES string of the molecule is C=C(C)C1C=CC2=C3CCC(C)(C(C)CC4CC(C)C(=O)O4)C3(C)CCC2C1(C)CCC(=O)O. The van der Waals surface area contributed by atoms with Crippen LogP contribution < -0.4 is 0 Å². The lowest BCUT2D eigenvalue weighted by atomic mass is 9.49. The van der Waals surface area contributed by atoms with Crippen molar-refractivity contribution in [2.75, 3.05) is 0 Å². The molecule has 1 saturated carbocycles. The van der Waals surface area contributed by atoms with Crippen LogP contribution in [-0.2, 0) is 14.3 Å². The Morgan fingerprint density at radius 3 is 2.59 bits per heavy atom. The highest BCUT2D eigenvalue weighted by Gasteiger charge is 2.59. The Bertz CT molecular complexity index is 943. The van der Waals surface area contributed by atoms with E-state index in [1.54, 1.807) is 5.57 Å². The fourth-order valence-electron chi connectivity index (χ4n) is 8.36. The molecule has 0 radical (unpaired) electrons. The summed E-state index contributed by atoms with van der Waals surface area (Å²) in [4.78, 5) is 23.5. The quantitative estimate of drug-likeness (QED) is 0.319. The molecule has 8 atom stereocenters. The van der Waals surface area contributed by atoms with E-state index in [-0.39, 0.29) is 46.6 Å². The Kier molecular flexibility index (Phi) is 6.44. The average Bonchev–Trinajstić information content (AvgIpc) is 3.22. The van der Waals surface area contributed by atoms with Gasteiger partial charge in [-0.1, -0.05) is 64.5 Å². The van der Waals surface area contributed by atoms with Crippen molar-refractivity contribution in [2.45, 2.75) is 99.0 Å². The van der Waals surface area contributed by atoms with Gasteiger partial charge in [-0.2, -0.15) is 0 Å². The number of allylic oxidation sites excluding steroid dienone is 5. The molecule has 3 aliphatic carbocycles. The van der Waals surface area contributed by atoms with Gasteiger partial charge in [-0.05, 0) is 85.5 Å². The molecule has 1 heterocycles. The van der Waals surface area contributed by atoms with E-state index in [0.29, 0.717) is 18.3 Å². The van der Waals surface area contributed by atoms with Gasteiger partial charge >= 0.3 is 11.9 Å². The number of aliphatic carboxylic acids is 1. The summed E-state index contributed by atoms with van der Waals surface area (Å²) >= 11 is 0. The summed E-state index contributed by atoms with van der Waals surface area (Å²) in [5, 5.41) is 9.47. The maximum Gasteiger partial charge on any atom is 0.309 e. The highest BCUT2D eigenvalue weighted by Crippen LogP contribution is 2.68. The minimum Gasteiger partial charge on any atom is -0.481 e. The molecular formula is C30H44O4. The van der Waals surface area contributed by atoms with Gasteiger partial charge in [0, 0.05) is 12.3 Å². The zero-order valence-electron chi connectivity index (χ0n) is 22.1. The lowest BCUT2D eigenvalue weighted by molar-refractivity contribution is -0.145. The number of hydrogen-bond acceptors (Lipinski definition) is 3. The number of rotatable bonds is 7. The molecule has 8 unspecified atom stereocenters. The third-order valence-corrected chi connectivity index (χ3v) is 10.9. The van der Waals surface area contributed by atoms with Gasteiger partial charge in [0.05, 0.1) is 5.92 Å². The molecule has 0 aromatic rings. The minimum atomic E-state index is -0.713. The summed E-state index contributed by atoms with van der Waals surface area (Å²) in [5.41, 5.74) is 4.40. The van der Waals surface area contributed by atoms with E-state index >= 15 is 0 Å². The monoisotopic (exact) mass is 468 g/mol. The van der Waals surface area contributed by atoms with Crippen LogP contribution in [0.3, 0.4) is 0 Å². The van der Waals surface area contributed by atoms with Crippen molar-refractivity contribution in [3.05, 3.63) is 35.5 Å². The number of esters is 1. The molecule has 4 aliphatic rings. The summed E-state index contributed by atoms with van der Waals surface area (Å²) in [7, 11) is 0. The summed E-state index contributed by atoms with van der Waals surface area (Å²) < 4.78 is 5.69. The molecule has 0 aromatic carbocycles. The van der Waals surface area contributed by atoms with E-state index < -0.39 is 5.97 Å². The molecule has 2 fully saturated rings. The van der Waals surface area contributed by atoms with E-state index in [1.165, 1.54) is 5.57 Å². The molecule has 1 N–H and O–H groups in total. The molecule has 1 saturated heterocycles. The van der Waals surface area contributed by atoms with Crippen LogP contribution in [0.2, 0.25) is 0 Å². The number of fused-ring (bicyclic) bond motifs is 2. The fourth-order valence-corrected chi connectivity index (χ4v) is 8.36. The zero-order valence-corrected chi connectivity index (χ0v) is 22.1. The number of carboxylic acids is 1. The zero-order chi connectivity index (χ0) is 25.1. The molecule has 1 aliphatic heterocycles. The van der Waals surface area contributed by atoms with Gasteiger partial charge in [0.25, 0.3) is 0 Å². The largest absolute Gasteiger partial charge is 0.481 e. The Balaban J connectivity index is 1.66. The predicted molar refractivity (Wildman–Crippen MR) is 135 cm³/mol. The summed E-state index contributed by atoms with van der Waals surface area (Å²) in [6, 6.07) is 0. The number of ether oxygens (including phenoxy) is 1. The Morgan fingerprint density at radius 1 is 1.29 bits per heavy atom. The molecule has 4 nitrogen and oxygen atoms in total.